The van der Waals surface area contributed by atoms with E-state index in [0.717, 1.165) is 41.5 Å². The van der Waals surface area contributed by atoms with Crippen molar-refractivity contribution in [2.75, 3.05) is 44.9 Å². The first-order chi connectivity index (χ1) is 14.0. The molecule has 0 N–H and O–H groups in total. The van der Waals surface area contributed by atoms with Crippen molar-refractivity contribution < 1.29 is 14.2 Å². The Bertz CT molecular complexity index is 978. The van der Waals surface area contributed by atoms with Crippen molar-refractivity contribution in [3.8, 4) is 17.1 Å². The quantitative estimate of drug-likeness (QED) is 0.633. The Morgan fingerprint density at radius 1 is 1.17 bits per heavy atom. The van der Waals surface area contributed by atoms with Gasteiger partial charge in [0.2, 0.25) is 5.88 Å². The molecule has 0 atom stereocenters. The van der Waals surface area contributed by atoms with Crippen LogP contribution in [0.1, 0.15) is 19.5 Å². The number of morpholine rings is 1. The van der Waals surface area contributed by atoms with Gasteiger partial charge in [0.1, 0.15) is 6.61 Å². The number of nitrogens with zero attached hydrogens (tertiary/aromatic N) is 5. The molecule has 154 valence electrons. The van der Waals surface area contributed by atoms with Crippen LogP contribution in [0, 0.1) is 6.92 Å². The molecule has 1 saturated heterocycles. The van der Waals surface area contributed by atoms with E-state index in [1.165, 1.54) is 0 Å². The zero-order chi connectivity index (χ0) is 20.4. The molecule has 0 spiro atoms. The van der Waals surface area contributed by atoms with Gasteiger partial charge >= 0.3 is 0 Å². The van der Waals surface area contributed by atoms with E-state index in [4.69, 9.17) is 19.2 Å². The largest absolute Gasteiger partial charge is 0.475 e. The minimum atomic E-state index is -0.360. The third-order valence-electron chi connectivity index (χ3n) is 5.14. The molecule has 3 aromatic rings. The van der Waals surface area contributed by atoms with Crippen LogP contribution in [0.2, 0.25) is 0 Å². The molecular formula is C21H27N5O3. The van der Waals surface area contributed by atoms with E-state index < -0.39 is 0 Å². The fraction of sp³-hybridized carbons (Fsp3) is 0.476. The number of fused-ring (bicyclic) bond motifs is 1. The molecular weight excluding hydrogens is 370 g/mol. The van der Waals surface area contributed by atoms with E-state index in [2.05, 4.69) is 19.3 Å². The van der Waals surface area contributed by atoms with Crippen LogP contribution < -0.4 is 9.64 Å². The number of rotatable bonds is 6. The van der Waals surface area contributed by atoms with Crippen molar-refractivity contribution in [3.05, 3.63) is 36.4 Å². The van der Waals surface area contributed by atoms with Gasteiger partial charge in [0.25, 0.3) is 0 Å². The molecule has 1 aliphatic rings. The predicted octanol–water partition coefficient (Wildman–Crippen LogP) is 2.74. The van der Waals surface area contributed by atoms with Crippen LogP contribution in [0.15, 0.2) is 30.7 Å². The standard InChI is InChI=1S/C21H27N5O3/c1-15-18(16-5-6-17(23-13-16)29-14-21(2,3)27-4)26-8-7-22-19(20(26)24-15)25-9-11-28-12-10-25/h5-8,13H,9-12,14H2,1-4H3. The lowest BCUT2D eigenvalue weighted by Gasteiger charge is -2.27. The van der Waals surface area contributed by atoms with E-state index in [9.17, 15) is 0 Å². The molecule has 0 unspecified atom stereocenters. The number of aromatic nitrogens is 4. The summed E-state index contributed by atoms with van der Waals surface area (Å²) in [5, 5.41) is 0. The summed E-state index contributed by atoms with van der Waals surface area (Å²) >= 11 is 0. The monoisotopic (exact) mass is 397 g/mol. The van der Waals surface area contributed by atoms with E-state index in [1.54, 1.807) is 7.11 Å². The minimum Gasteiger partial charge on any atom is -0.475 e. The Morgan fingerprint density at radius 3 is 2.66 bits per heavy atom. The topological polar surface area (TPSA) is 74.0 Å². The molecule has 8 nitrogen and oxygen atoms in total. The van der Waals surface area contributed by atoms with Crippen molar-refractivity contribution in [2.45, 2.75) is 26.4 Å². The normalized spacial score (nSPS) is 15.1. The fourth-order valence-corrected chi connectivity index (χ4v) is 3.34. The molecule has 3 aromatic heterocycles. The lowest BCUT2D eigenvalue weighted by Crippen LogP contribution is -2.37. The number of hydrogen-bond acceptors (Lipinski definition) is 7. The van der Waals surface area contributed by atoms with Gasteiger partial charge in [-0.25, -0.2) is 15.0 Å². The molecule has 29 heavy (non-hydrogen) atoms. The van der Waals surface area contributed by atoms with Gasteiger partial charge in [-0.1, -0.05) is 0 Å². The van der Waals surface area contributed by atoms with Gasteiger partial charge in [0, 0.05) is 50.4 Å². The van der Waals surface area contributed by atoms with Crippen LogP contribution in [-0.2, 0) is 9.47 Å². The van der Waals surface area contributed by atoms with Gasteiger partial charge in [0.05, 0.1) is 30.2 Å². The van der Waals surface area contributed by atoms with Gasteiger partial charge < -0.3 is 19.1 Å². The summed E-state index contributed by atoms with van der Waals surface area (Å²) in [4.78, 5) is 16.1. The molecule has 0 bridgehead atoms. The highest BCUT2D eigenvalue weighted by Crippen LogP contribution is 2.29. The molecule has 8 heteroatoms. The first kappa shape index (κ1) is 19.6. The summed E-state index contributed by atoms with van der Waals surface area (Å²) in [5.41, 5.74) is 3.41. The number of imidazole rings is 1. The second-order valence-corrected chi connectivity index (χ2v) is 7.73. The SMILES string of the molecule is COC(C)(C)COc1ccc(-c2c(C)nc3c(N4CCOCC4)nccn23)cn1. The summed E-state index contributed by atoms with van der Waals surface area (Å²) in [5.74, 6) is 1.46. The van der Waals surface area contributed by atoms with E-state index in [-0.39, 0.29) is 5.60 Å². The number of aryl methyl sites for hydroxylation is 1. The van der Waals surface area contributed by atoms with Gasteiger partial charge in [-0.2, -0.15) is 0 Å². The number of ether oxygens (including phenoxy) is 3. The molecule has 4 rings (SSSR count). The van der Waals surface area contributed by atoms with Gasteiger partial charge in [0.15, 0.2) is 11.5 Å². The fourth-order valence-electron chi connectivity index (χ4n) is 3.34. The molecule has 0 saturated carbocycles. The molecule has 0 amide bonds. The van der Waals surface area contributed by atoms with Gasteiger partial charge in [-0.05, 0) is 26.8 Å². The maximum absolute atomic E-state index is 5.76. The van der Waals surface area contributed by atoms with Crippen molar-refractivity contribution in [1.82, 2.24) is 19.4 Å². The first-order valence-corrected chi connectivity index (χ1v) is 9.79. The zero-order valence-electron chi connectivity index (χ0n) is 17.4. The number of methoxy groups -OCH3 is 1. The zero-order valence-corrected chi connectivity index (χ0v) is 17.4. The summed E-state index contributed by atoms with van der Waals surface area (Å²) in [6, 6.07) is 3.89. The summed E-state index contributed by atoms with van der Waals surface area (Å²) in [7, 11) is 1.67. The Balaban J connectivity index is 1.63. The number of pyridine rings is 1. The third-order valence-corrected chi connectivity index (χ3v) is 5.14. The molecule has 0 radical (unpaired) electrons. The molecule has 1 aliphatic heterocycles. The Morgan fingerprint density at radius 2 is 1.97 bits per heavy atom. The third kappa shape index (κ3) is 4.04. The minimum absolute atomic E-state index is 0.360. The van der Waals surface area contributed by atoms with Gasteiger partial charge in [-0.15, -0.1) is 0 Å². The van der Waals surface area contributed by atoms with Crippen LogP contribution in [-0.4, -0.2) is 65.0 Å². The van der Waals surface area contributed by atoms with E-state index in [0.29, 0.717) is 25.7 Å². The van der Waals surface area contributed by atoms with E-state index >= 15 is 0 Å². The lowest BCUT2D eigenvalue weighted by atomic mass is 10.1. The Labute approximate surface area is 170 Å². The maximum Gasteiger partial charge on any atom is 0.213 e. The van der Waals surface area contributed by atoms with Gasteiger partial charge in [-0.3, -0.25) is 4.40 Å². The van der Waals surface area contributed by atoms with Crippen molar-refractivity contribution in [3.63, 3.8) is 0 Å². The predicted molar refractivity (Wildman–Crippen MR) is 111 cm³/mol. The second-order valence-electron chi connectivity index (χ2n) is 7.73. The van der Waals surface area contributed by atoms with Crippen LogP contribution in [0.5, 0.6) is 5.88 Å². The summed E-state index contributed by atoms with van der Waals surface area (Å²) in [6.45, 7) is 9.45. The number of anilines is 1. The summed E-state index contributed by atoms with van der Waals surface area (Å²) < 4.78 is 18.7. The summed E-state index contributed by atoms with van der Waals surface area (Å²) in [6.07, 6.45) is 5.58. The van der Waals surface area contributed by atoms with Crippen LogP contribution in [0.25, 0.3) is 16.9 Å². The Hall–Kier alpha value is -2.71. The smallest absolute Gasteiger partial charge is 0.213 e. The highest BCUT2D eigenvalue weighted by Gasteiger charge is 2.21. The van der Waals surface area contributed by atoms with Crippen LogP contribution in [0.4, 0.5) is 5.82 Å². The first-order valence-electron chi connectivity index (χ1n) is 9.79. The van der Waals surface area contributed by atoms with E-state index in [1.807, 2.05) is 51.5 Å². The highest BCUT2D eigenvalue weighted by atomic mass is 16.5. The molecule has 4 heterocycles. The maximum atomic E-state index is 5.76. The van der Waals surface area contributed by atoms with Crippen molar-refractivity contribution in [2.24, 2.45) is 0 Å². The average Bonchev–Trinajstić information content (AvgIpc) is 3.09. The van der Waals surface area contributed by atoms with Crippen LogP contribution in [0.3, 0.4) is 0 Å². The molecule has 1 fully saturated rings. The van der Waals surface area contributed by atoms with Crippen molar-refractivity contribution >= 4 is 11.5 Å². The highest BCUT2D eigenvalue weighted by molar-refractivity contribution is 5.73. The Kier molecular flexibility index (Phi) is 5.38. The van der Waals surface area contributed by atoms with Crippen molar-refractivity contribution in [1.29, 1.82) is 0 Å². The molecule has 0 aromatic carbocycles. The molecule has 0 aliphatic carbocycles. The second kappa shape index (κ2) is 7.96. The van der Waals surface area contributed by atoms with Crippen LogP contribution >= 0.6 is 0 Å². The number of hydrogen-bond donors (Lipinski definition) is 0. The lowest BCUT2D eigenvalue weighted by molar-refractivity contribution is -0.0157. The average molecular weight is 397 g/mol.